The highest BCUT2D eigenvalue weighted by molar-refractivity contribution is 5.94. The van der Waals surface area contributed by atoms with Gasteiger partial charge >= 0.3 is 0 Å². The van der Waals surface area contributed by atoms with Gasteiger partial charge in [-0.25, -0.2) is 0 Å². The van der Waals surface area contributed by atoms with Crippen LogP contribution < -0.4 is 11.1 Å². The Labute approximate surface area is 119 Å². The number of aliphatic hydroxyl groups excluding tert-OH is 1. The average Bonchev–Trinajstić information content (AvgIpc) is 2.50. The summed E-state index contributed by atoms with van der Waals surface area (Å²) in [5, 5.41) is 12.7. The van der Waals surface area contributed by atoms with Gasteiger partial charge in [0.15, 0.2) is 0 Å². The van der Waals surface area contributed by atoms with Gasteiger partial charge in [-0.15, -0.1) is 0 Å². The molecule has 0 aromatic carbocycles. The van der Waals surface area contributed by atoms with E-state index in [9.17, 15) is 9.90 Å². The number of hydrogen-bond acceptors (Lipinski definition) is 4. The van der Waals surface area contributed by atoms with E-state index in [1.54, 1.807) is 18.3 Å². The molecule has 1 aliphatic rings. The van der Waals surface area contributed by atoms with Crippen LogP contribution in [0, 0.1) is 5.92 Å². The molecule has 1 fully saturated rings. The lowest BCUT2D eigenvalue weighted by atomic mass is 9.77. The van der Waals surface area contributed by atoms with Crippen molar-refractivity contribution in [1.82, 2.24) is 10.3 Å². The largest absolute Gasteiger partial charge is 0.394 e. The molecule has 20 heavy (non-hydrogen) atoms. The summed E-state index contributed by atoms with van der Waals surface area (Å²) in [7, 11) is 0. The van der Waals surface area contributed by atoms with E-state index in [1.165, 1.54) is 0 Å². The van der Waals surface area contributed by atoms with Crippen molar-refractivity contribution < 1.29 is 9.90 Å². The van der Waals surface area contributed by atoms with Gasteiger partial charge in [0.1, 0.15) is 0 Å². The molecule has 5 heteroatoms. The van der Waals surface area contributed by atoms with E-state index < -0.39 is 5.54 Å². The molecule has 0 bridgehead atoms. The third kappa shape index (κ3) is 3.35. The number of carbonyl (C=O) groups excluding carboxylic acids is 1. The monoisotopic (exact) mass is 277 g/mol. The third-order valence-corrected chi connectivity index (χ3v) is 4.20. The summed E-state index contributed by atoms with van der Waals surface area (Å²) >= 11 is 0. The summed E-state index contributed by atoms with van der Waals surface area (Å²) in [4.78, 5) is 16.4. The van der Waals surface area contributed by atoms with Crippen LogP contribution in [0.5, 0.6) is 0 Å². The molecule has 1 aliphatic carbocycles. The van der Waals surface area contributed by atoms with Crippen molar-refractivity contribution in [2.45, 2.75) is 44.7 Å². The van der Waals surface area contributed by atoms with E-state index >= 15 is 0 Å². The molecule has 1 aromatic heterocycles. The summed E-state index contributed by atoms with van der Waals surface area (Å²) in [6.45, 7) is 2.50. The van der Waals surface area contributed by atoms with Crippen molar-refractivity contribution in [1.29, 1.82) is 0 Å². The van der Waals surface area contributed by atoms with Gasteiger partial charge in [0, 0.05) is 18.3 Å². The molecule has 0 radical (unpaired) electrons. The fourth-order valence-electron chi connectivity index (χ4n) is 2.68. The maximum absolute atomic E-state index is 12.3. The van der Waals surface area contributed by atoms with E-state index in [0.717, 1.165) is 25.7 Å². The molecule has 4 N–H and O–H groups in total. The van der Waals surface area contributed by atoms with Crippen LogP contribution in [0.4, 0.5) is 0 Å². The van der Waals surface area contributed by atoms with Crippen molar-refractivity contribution in [2.24, 2.45) is 11.7 Å². The predicted octanol–water partition coefficient (Wildman–Crippen LogP) is 1.21. The van der Waals surface area contributed by atoms with Crippen LogP contribution in [0.15, 0.2) is 18.3 Å². The summed E-state index contributed by atoms with van der Waals surface area (Å²) in [5.41, 5.74) is 6.30. The predicted molar refractivity (Wildman–Crippen MR) is 77.0 cm³/mol. The highest BCUT2D eigenvalue weighted by Gasteiger charge is 2.35. The summed E-state index contributed by atoms with van der Waals surface area (Å²) in [6, 6.07) is 3.37. The molecule has 5 nitrogen and oxygen atoms in total. The van der Waals surface area contributed by atoms with Crippen molar-refractivity contribution in [3.8, 4) is 0 Å². The number of nitrogens with zero attached hydrogens (tertiary/aromatic N) is 1. The number of rotatable bonds is 4. The van der Waals surface area contributed by atoms with E-state index in [0.29, 0.717) is 23.7 Å². The van der Waals surface area contributed by atoms with Crippen molar-refractivity contribution >= 4 is 5.91 Å². The van der Waals surface area contributed by atoms with Gasteiger partial charge in [0.05, 0.1) is 17.8 Å². The summed E-state index contributed by atoms with van der Waals surface area (Å²) < 4.78 is 0. The number of pyridine rings is 1. The van der Waals surface area contributed by atoms with Crippen LogP contribution in [-0.2, 0) is 6.54 Å². The zero-order valence-corrected chi connectivity index (χ0v) is 11.9. The van der Waals surface area contributed by atoms with E-state index in [1.807, 2.05) is 0 Å². The molecule has 1 heterocycles. The van der Waals surface area contributed by atoms with Crippen LogP contribution in [-0.4, -0.2) is 28.1 Å². The molecule has 0 unspecified atom stereocenters. The van der Waals surface area contributed by atoms with Crippen LogP contribution in [0.2, 0.25) is 0 Å². The molecule has 110 valence electrons. The van der Waals surface area contributed by atoms with Crippen molar-refractivity contribution in [2.75, 3.05) is 6.61 Å². The van der Waals surface area contributed by atoms with Gasteiger partial charge in [-0.2, -0.15) is 0 Å². The van der Waals surface area contributed by atoms with Gasteiger partial charge in [0.2, 0.25) is 0 Å². The minimum absolute atomic E-state index is 0.0136. The van der Waals surface area contributed by atoms with Crippen LogP contribution >= 0.6 is 0 Å². The van der Waals surface area contributed by atoms with Crippen LogP contribution in [0.3, 0.4) is 0 Å². The molecule has 0 aliphatic heterocycles. The second-order valence-corrected chi connectivity index (χ2v) is 5.82. The first-order valence-corrected chi connectivity index (χ1v) is 7.17. The number of aromatic nitrogens is 1. The Balaban J connectivity index is 2.09. The molecule has 0 spiro atoms. The molecule has 1 aromatic rings. The number of carbonyl (C=O) groups is 1. The van der Waals surface area contributed by atoms with Gasteiger partial charge in [-0.3, -0.25) is 9.78 Å². The Morgan fingerprint density at radius 2 is 2.25 bits per heavy atom. The molecule has 1 saturated carbocycles. The number of hydrogen-bond donors (Lipinski definition) is 3. The SMILES string of the molecule is CC1CCC(CO)(NC(=O)c2ccnc(CN)c2)CC1. The Bertz CT molecular complexity index is 468. The molecular weight excluding hydrogens is 254 g/mol. The molecule has 0 atom stereocenters. The second-order valence-electron chi connectivity index (χ2n) is 5.82. The molecule has 2 rings (SSSR count). The number of amides is 1. The smallest absolute Gasteiger partial charge is 0.251 e. The number of nitrogens with two attached hydrogens (primary N) is 1. The minimum atomic E-state index is -0.476. The van der Waals surface area contributed by atoms with Crippen molar-refractivity contribution in [3.63, 3.8) is 0 Å². The Kier molecular flexibility index (Phi) is 4.73. The maximum atomic E-state index is 12.3. The molecule has 0 saturated heterocycles. The first kappa shape index (κ1) is 14.9. The number of aliphatic hydroxyl groups is 1. The third-order valence-electron chi connectivity index (χ3n) is 4.20. The molecular formula is C15H23N3O2. The van der Waals surface area contributed by atoms with Crippen LogP contribution in [0.25, 0.3) is 0 Å². The van der Waals surface area contributed by atoms with Gasteiger partial charge in [-0.05, 0) is 43.7 Å². The zero-order valence-electron chi connectivity index (χ0n) is 11.9. The van der Waals surface area contributed by atoms with E-state index in [4.69, 9.17) is 5.73 Å². The highest BCUT2D eigenvalue weighted by atomic mass is 16.3. The average molecular weight is 277 g/mol. The van der Waals surface area contributed by atoms with Gasteiger partial charge < -0.3 is 16.2 Å². The van der Waals surface area contributed by atoms with Gasteiger partial charge in [-0.1, -0.05) is 6.92 Å². The Hall–Kier alpha value is -1.46. The lowest BCUT2D eigenvalue weighted by Gasteiger charge is -2.38. The lowest BCUT2D eigenvalue weighted by molar-refractivity contribution is 0.0717. The maximum Gasteiger partial charge on any atom is 0.251 e. The minimum Gasteiger partial charge on any atom is -0.394 e. The quantitative estimate of drug-likeness (QED) is 0.772. The first-order valence-electron chi connectivity index (χ1n) is 7.17. The van der Waals surface area contributed by atoms with Crippen molar-refractivity contribution in [3.05, 3.63) is 29.6 Å². The lowest BCUT2D eigenvalue weighted by Crippen LogP contribution is -2.53. The molecule has 1 amide bonds. The van der Waals surface area contributed by atoms with Crippen LogP contribution in [0.1, 0.15) is 48.7 Å². The zero-order chi connectivity index (χ0) is 14.6. The standard InChI is InChI=1S/C15H23N3O2/c1-11-2-5-15(10-19,6-3-11)18-14(20)12-4-7-17-13(8-12)9-16/h4,7-8,11,19H,2-3,5-6,9-10,16H2,1H3,(H,18,20). The highest BCUT2D eigenvalue weighted by Crippen LogP contribution is 2.31. The van der Waals surface area contributed by atoms with Gasteiger partial charge in [0.25, 0.3) is 5.91 Å². The first-order chi connectivity index (χ1) is 9.58. The second kappa shape index (κ2) is 6.33. The van der Waals surface area contributed by atoms with E-state index in [2.05, 4.69) is 17.2 Å². The fraction of sp³-hybridized carbons (Fsp3) is 0.600. The summed E-state index contributed by atoms with van der Waals surface area (Å²) in [6.07, 6.45) is 5.30. The normalized spacial score (nSPS) is 26.2. The Morgan fingerprint density at radius 3 is 2.85 bits per heavy atom. The number of nitrogens with one attached hydrogen (secondary N) is 1. The fourth-order valence-corrected chi connectivity index (χ4v) is 2.68. The Morgan fingerprint density at radius 1 is 1.55 bits per heavy atom. The summed E-state index contributed by atoms with van der Waals surface area (Å²) in [5.74, 6) is 0.502. The van der Waals surface area contributed by atoms with E-state index in [-0.39, 0.29) is 12.5 Å². The topological polar surface area (TPSA) is 88.2 Å².